The van der Waals surface area contributed by atoms with E-state index in [9.17, 15) is 28.8 Å². The second kappa shape index (κ2) is 100. The van der Waals surface area contributed by atoms with E-state index in [-0.39, 0.29) is 68.5 Å². The summed E-state index contributed by atoms with van der Waals surface area (Å²) >= 11 is 0. The molecule has 0 spiro atoms. The second-order valence-electron chi connectivity index (χ2n) is 44.9. The average molecular weight is 1920 g/mol. The van der Waals surface area contributed by atoms with Gasteiger partial charge in [0.05, 0.1) is 0 Å². The molecule has 0 aromatic carbocycles. The Morgan fingerprint density at radius 3 is 0.654 bits per heavy atom. The molecule has 0 aromatic rings. The monoisotopic (exact) mass is 1920 g/mol. The first-order chi connectivity index (χ1) is 65.8. The third-order valence-corrected chi connectivity index (χ3v) is 29.0. The van der Waals surface area contributed by atoms with E-state index in [1.807, 2.05) is 19.6 Å². The van der Waals surface area contributed by atoms with Crippen molar-refractivity contribution in [3.63, 3.8) is 0 Å². The predicted octanol–water partition coefficient (Wildman–Crippen LogP) is 34.0. The van der Waals surface area contributed by atoms with Crippen LogP contribution in [0.3, 0.4) is 0 Å². The molecule has 0 bridgehead atoms. The summed E-state index contributed by atoms with van der Waals surface area (Å²) in [6.45, 7) is 53.2. The lowest BCUT2D eigenvalue weighted by Crippen LogP contribution is -2.47. The summed E-state index contributed by atoms with van der Waals surface area (Å²) < 4.78 is 17.7. The van der Waals surface area contributed by atoms with Crippen LogP contribution in [0.25, 0.3) is 0 Å². The fraction of sp³-hybridized carbons (Fsp3) is 0.950. The molecule has 0 saturated carbocycles. The van der Waals surface area contributed by atoms with Crippen LogP contribution in [0.2, 0.25) is 0 Å². The number of amides is 6. The SMILES string of the molecule is CCCCCCCCCCCCN(CCC(C)CCCC(C)C)C(=O)COCC(=O)N(CCCCCCCCCCCC)CCC(C)CCCC(C)C.CCCCCCCCCCCCN(CCCCCCCCCCCC)C(=O)COC1CCCN(CCCCCC)C1=O.CCCCCCN(CCC(C)CCCC(C)C)C(=O)COCC(=O)N(CCCCCC)CCC(C)CCCC(C)C. The molecule has 1 heterocycles. The smallest absolute Gasteiger partial charge is 0.251 e. The van der Waals surface area contributed by atoms with Crippen molar-refractivity contribution in [1.29, 1.82) is 0 Å². The lowest BCUT2D eigenvalue weighted by molar-refractivity contribution is -0.153. The Morgan fingerprint density at radius 2 is 0.434 bits per heavy atom. The normalized spacial score (nSPS) is 13.7. The van der Waals surface area contributed by atoms with Crippen LogP contribution in [-0.2, 0) is 43.0 Å². The molecular weight excluding hydrogens is 1680 g/mol. The van der Waals surface area contributed by atoms with Gasteiger partial charge < -0.3 is 43.6 Å². The third kappa shape index (κ3) is 88.4. The van der Waals surface area contributed by atoms with Crippen LogP contribution in [0.15, 0.2) is 0 Å². The Kier molecular flexibility index (Phi) is 99.5. The molecule has 1 rings (SSSR count). The number of rotatable bonds is 98. The topological polar surface area (TPSA) is 150 Å². The summed E-state index contributed by atoms with van der Waals surface area (Å²) in [5.74, 6) is 5.86. The first-order valence-electron chi connectivity index (χ1n) is 60.3. The van der Waals surface area contributed by atoms with Crippen molar-refractivity contribution >= 4 is 35.4 Å². The highest BCUT2D eigenvalue weighted by atomic mass is 16.5. The molecule has 15 heteroatoms. The molecular formula is C121H240N6O9. The van der Waals surface area contributed by atoms with Gasteiger partial charge in [0.15, 0.2) is 0 Å². The minimum Gasteiger partial charge on any atom is -0.362 e. The standard InChI is InChI=1S/C48H96N2O3.C37H72N2O3.C36H72N2O3/c1-9-11-13-15-17-19-21-23-25-27-37-49(39-35-45(7)33-29-31-43(3)4)47(51)41-53-42-48(52)50(40-36-46(8)34-30-32-44(5)6)38-28-26-24-22-20-18-16-14-12-10-2;1-4-7-10-13-15-17-19-21-23-26-30-38(31-27-24-22-20-18-16-14-11-8-5-2)36(40)34-42-35-29-28-33-39(37(35)41)32-25-12-9-6-3;1-9-11-13-15-25-37(27-23-33(7)21-17-19-31(3)4)35(39)29-41-30-36(40)38(26-16-14-12-10-2)28-24-34(8)22-18-20-32(5)6/h43-46H,9-42H2,1-8H3;35H,4-34H2,1-3H3;31-34H,9-30H2,1-8H3. The van der Waals surface area contributed by atoms with Gasteiger partial charge >= 0.3 is 0 Å². The Bertz CT molecular complexity index is 2450. The molecule has 6 amide bonds. The maximum Gasteiger partial charge on any atom is 0.251 e. The number of carbonyl (C=O) groups excluding carboxylic acids is 6. The zero-order valence-corrected chi connectivity index (χ0v) is 95.1. The molecule has 0 aromatic heterocycles. The molecule has 15 nitrogen and oxygen atoms in total. The number of likely N-dealkylation sites (tertiary alicyclic amines) is 1. The number of hydrogen-bond donors (Lipinski definition) is 0. The zero-order valence-electron chi connectivity index (χ0n) is 95.1. The van der Waals surface area contributed by atoms with E-state index in [0.29, 0.717) is 23.7 Å². The summed E-state index contributed by atoms with van der Waals surface area (Å²) in [5.41, 5.74) is 0. The first-order valence-corrected chi connectivity index (χ1v) is 60.3. The molecule has 1 saturated heterocycles. The van der Waals surface area contributed by atoms with E-state index >= 15 is 0 Å². The van der Waals surface area contributed by atoms with Crippen LogP contribution in [0.5, 0.6) is 0 Å². The van der Waals surface area contributed by atoms with Gasteiger partial charge in [0.1, 0.15) is 39.1 Å². The third-order valence-electron chi connectivity index (χ3n) is 29.0. The van der Waals surface area contributed by atoms with Gasteiger partial charge in [-0.3, -0.25) is 28.8 Å². The number of nitrogens with zero attached hydrogens (tertiary/aromatic N) is 6. The van der Waals surface area contributed by atoms with Gasteiger partial charge in [0.25, 0.3) is 5.91 Å². The van der Waals surface area contributed by atoms with E-state index in [1.54, 1.807) is 0 Å². The van der Waals surface area contributed by atoms with Gasteiger partial charge in [0.2, 0.25) is 29.5 Å². The number of unbranched alkanes of at least 4 members (excludes halogenated alkanes) is 45. The second-order valence-corrected chi connectivity index (χ2v) is 44.9. The van der Waals surface area contributed by atoms with Crippen molar-refractivity contribution in [1.82, 2.24) is 29.4 Å². The summed E-state index contributed by atoms with van der Waals surface area (Å²) in [6, 6.07) is 0. The Balaban J connectivity index is 0. The van der Waals surface area contributed by atoms with Gasteiger partial charge in [-0.2, -0.15) is 0 Å². The van der Waals surface area contributed by atoms with Gasteiger partial charge in [-0.05, 0) is 131 Å². The fourth-order valence-electron chi connectivity index (χ4n) is 19.1. The Hall–Kier alpha value is -3.30. The number of piperidine rings is 1. The largest absolute Gasteiger partial charge is 0.362 e. The molecule has 5 unspecified atom stereocenters. The maximum absolute atomic E-state index is 13.5. The van der Waals surface area contributed by atoms with Crippen molar-refractivity contribution in [2.45, 2.75) is 587 Å². The molecule has 0 radical (unpaired) electrons. The highest BCUT2D eigenvalue weighted by molar-refractivity contribution is 5.83. The van der Waals surface area contributed by atoms with E-state index in [4.69, 9.17) is 14.2 Å². The van der Waals surface area contributed by atoms with E-state index in [1.165, 1.54) is 353 Å². The van der Waals surface area contributed by atoms with Crippen molar-refractivity contribution in [2.24, 2.45) is 47.3 Å². The van der Waals surface area contributed by atoms with Gasteiger partial charge in [0, 0.05) is 78.5 Å². The fourth-order valence-corrected chi connectivity index (χ4v) is 19.1. The van der Waals surface area contributed by atoms with Crippen molar-refractivity contribution in [3.05, 3.63) is 0 Å². The van der Waals surface area contributed by atoms with Gasteiger partial charge in [-0.15, -0.1) is 0 Å². The minimum atomic E-state index is -0.439. The van der Waals surface area contributed by atoms with E-state index < -0.39 is 6.10 Å². The zero-order chi connectivity index (χ0) is 101. The molecule has 136 heavy (non-hydrogen) atoms. The Morgan fingerprint density at radius 1 is 0.243 bits per heavy atom. The lowest BCUT2D eigenvalue weighted by atomic mass is 9.97. The van der Waals surface area contributed by atoms with Crippen LogP contribution in [0, 0.1) is 47.3 Å². The van der Waals surface area contributed by atoms with Crippen LogP contribution in [-0.4, -0.2) is 183 Å². The number of hydrogen-bond acceptors (Lipinski definition) is 9. The van der Waals surface area contributed by atoms with Crippen LogP contribution in [0.1, 0.15) is 581 Å². The van der Waals surface area contributed by atoms with E-state index in [0.717, 1.165) is 199 Å². The van der Waals surface area contributed by atoms with Gasteiger partial charge in [-0.25, -0.2) is 0 Å². The highest BCUT2D eigenvalue weighted by Gasteiger charge is 2.31. The number of carbonyl (C=O) groups is 6. The molecule has 1 aliphatic heterocycles. The molecule has 1 fully saturated rings. The molecule has 808 valence electrons. The lowest BCUT2D eigenvalue weighted by Gasteiger charge is -2.32. The van der Waals surface area contributed by atoms with Crippen molar-refractivity contribution < 1.29 is 43.0 Å². The highest BCUT2D eigenvalue weighted by Crippen LogP contribution is 2.25. The number of ether oxygens (including phenoxy) is 3. The summed E-state index contributed by atoms with van der Waals surface area (Å²) in [4.78, 5) is 91.7. The molecule has 5 atom stereocenters. The molecule has 0 N–H and O–H groups in total. The Labute approximate surface area is 848 Å². The summed E-state index contributed by atoms with van der Waals surface area (Å²) in [5, 5.41) is 0. The quantitative estimate of drug-likeness (QED) is 0.0542. The van der Waals surface area contributed by atoms with Crippen molar-refractivity contribution in [2.75, 3.05) is 112 Å². The predicted molar refractivity (Wildman–Crippen MR) is 590 cm³/mol. The van der Waals surface area contributed by atoms with Crippen LogP contribution in [0.4, 0.5) is 0 Å². The first kappa shape index (κ1) is 135. The minimum absolute atomic E-state index is 0.0104. The maximum atomic E-state index is 13.5. The van der Waals surface area contributed by atoms with Crippen molar-refractivity contribution in [3.8, 4) is 0 Å². The van der Waals surface area contributed by atoms with Gasteiger partial charge in [-0.1, -0.05) is 498 Å². The van der Waals surface area contributed by atoms with Crippen LogP contribution < -0.4 is 0 Å². The van der Waals surface area contributed by atoms with Crippen LogP contribution >= 0.6 is 0 Å². The average Bonchev–Trinajstić information content (AvgIpc) is 0.854. The molecule has 1 aliphatic rings. The molecule has 0 aliphatic carbocycles. The summed E-state index contributed by atoms with van der Waals surface area (Å²) in [7, 11) is 0. The summed E-state index contributed by atoms with van der Waals surface area (Å²) in [6.07, 6.45) is 86.4. The van der Waals surface area contributed by atoms with E-state index in [2.05, 4.69) is 141 Å².